The first-order valence-electron chi connectivity index (χ1n) is 8.41. The van der Waals surface area contributed by atoms with E-state index < -0.39 is 27.7 Å². The Labute approximate surface area is 158 Å². The summed E-state index contributed by atoms with van der Waals surface area (Å²) in [6, 6.07) is 2.01. The van der Waals surface area contributed by atoms with Gasteiger partial charge in [-0.15, -0.1) is 0 Å². The first-order chi connectivity index (χ1) is 12.4. The van der Waals surface area contributed by atoms with Gasteiger partial charge in [-0.2, -0.15) is 0 Å². The van der Waals surface area contributed by atoms with E-state index in [1.807, 2.05) is 6.92 Å². The summed E-state index contributed by atoms with van der Waals surface area (Å²) in [5.41, 5.74) is -0.321. The summed E-state index contributed by atoms with van der Waals surface area (Å²) >= 11 is 0. The van der Waals surface area contributed by atoms with Crippen LogP contribution < -0.4 is 10.5 Å². The normalized spacial score (nSPS) is 18.2. The van der Waals surface area contributed by atoms with Gasteiger partial charge >= 0.3 is 12.1 Å². The average Bonchev–Trinajstić information content (AvgIpc) is 2.52. The van der Waals surface area contributed by atoms with E-state index in [9.17, 15) is 18.0 Å². The van der Waals surface area contributed by atoms with Crippen LogP contribution in [0, 0.1) is 0 Å². The lowest BCUT2D eigenvalue weighted by Gasteiger charge is -2.40. The molecule has 1 aromatic rings. The molecule has 2 heterocycles. The minimum absolute atomic E-state index is 0.245. The smallest absolute Gasteiger partial charge is 0.410 e. The monoisotopic (exact) mass is 399 g/mol. The SMILES string of the molecule is C[C@H]1CN(C(=O)OC(C)(C)C)CCN1C(=O)Nc1ccnc(S(N)(=O)=O)c1. The van der Waals surface area contributed by atoms with Crippen LogP contribution in [0.1, 0.15) is 27.7 Å². The third-order valence-corrected chi connectivity index (χ3v) is 4.62. The Balaban J connectivity index is 2.00. The van der Waals surface area contributed by atoms with Crippen LogP contribution in [0.2, 0.25) is 0 Å². The number of nitrogens with two attached hydrogens (primary N) is 1. The van der Waals surface area contributed by atoms with Crippen LogP contribution in [0.25, 0.3) is 0 Å². The highest BCUT2D eigenvalue weighted by molar-refractivity contribution is 7.89. The summed E-state index contributed by atoms with van der Waals surface area (Å²) in [6.07, 6.45) is 0.834. The molecule has 1 aliphatic rings. The van der Waals surface area contributed by atoms with Gasteiger partial charge in [-0.3, -0.25) is 0 Å². The van der Waals surface area contributed by atoms with E-state index in [1.54, 1.807) is 30.6 Å². The molecular weight excluding hydrogens is 374 g/mol. The van der Waals surface area contributed by atoms with E-state index in [4.69, 9.17) is 9.88 Å². The maximum Gasteiger partial charge on any atom is 0.410 e. The number of carbonyl (C=O) groups excluding carboxylic acids is 2. The summed E-state index contributed by atoms with van der Waals surface area (Å²) < 4.78 is 28.1. The van der Waals surface area contributed by atoms with E-state index in [-0.39, 0.29) is 16.8 Å². The molecule has 11 heteroatoms. The highest BCUT2D eigenvalue weighted by Crippen LogP contribution is 2.17. The fourth-order valence-electron chi connectivity index (χ4n) is 2.59. The van der Waals surface area contributed by atoms with Gasteiger partial charge in [-0.05, 0) is 33.8 Å². The maximum absolute atomic E-state index is 12.5. The van der Waals surface area contributed by atoms with Crippen LogP contribution in [0.3, 0.4) is 0 Å². The zero-order valence-corrected chi connectivity index (χ0v) is 16.6. The third-order valence-electron chi connectivity index (χ3n) is 3.82. The molecule has 0 unspecified atom stereocenters. The molecule has 1 atom stereocenters. The molecule has 0 saturated carbocycles. The highest BCUT2D eigenvalue weighted by Gasteiger charge is 2.32. The van der Waals surface area contributed by atoms with Gasteiger partial charge in [0.05, 0.1) is 0 Å². The molecule has 0 aromatic carbocycles. The van der Waals surface area contributed by atoms with Crippen molar-refractivity contribution in [1.29, 1.82) is 0 Å². The Kier molecular flexibility index (Phi) is 5.95. The second-order valence-electron chi connectivity index (χ2n) is 7.33. The molecular formula is C16H25N5O5S. The molecule has 1 aliphatic heterocycles. The van der Waals surface area contributed by atoms with Crippen LogP contribution in [-0.2, 0) is 14.8 Å². The van der Waals surface area contributed by atoms with Crippen LogP contribution in [0.4, 0.5) is 15.3 Å². The highest BCUT2D eigenvalue weighted by atomic mass is 32.2. The fraction of sp³-hybridized carbons (Fsp3) is 0.562. The quantitative estimate of drug-likeness (QED) is 0.767. The van der Waals surface area contributed by atoms with Gasteiger partial charge in [0.1, 0.15) is 5.60 Å². The Morgan fingerprint density at radius 2 is 2.00 bits per heavy atom. The number of rotatable bonds is 2. The fourth-order valence-corrected chi connectivity index (χ4v) is 3.09. The Hall–Kier alpha value is -2.40. The topological polar surface area (TPSA) is 135 Å². The molecule has 3 N–H and O–H groups in total. The number of ether oxygens (including phenoxy) is 1. The largest absolute Gasteiger partial charge is 0.444 e. The number of pyridine rings is 1. The van der Waals surface area contributed by atoms with Gasteiger partial charge < -0.3 is 19.9 Å². The number of nitrogens with one attached hydrogen (secondary N) is 1. The zero-order chi connectivity index (χ0) is 20.4. The van der Waals surface area contributed by atoms with Crippen molar-refractivity contribution in [3.63, 3.8) is 0 Å². The van der Waals surface area contributed by atoms with E-state index in [0.717, 1.165) is 0 Å². The van der Waals surface area contributed by atoms with E-state index >= 15 is 0 Å². The second kappa shape index (κ2) is 7.69. The number of amides is 3. The number of primary sulfonamides is 1. The molecule has 0 aliphatic carbocycles. The van der Waals surface area contributed by atoms with Crippen molar-refractivity contribution in [3.05, 3.63) is 18.3 Å². The van der Waals surface area contributed by atoms with Crippen molar-refractivity contribution in [3.8, 4) is 0 Å². The molecule has 1 aromatic heterocycles. The minimum Gasteiger partial charge on any atom is -0.444 e. The lowest BCUT2D eigenvalue weighted by molar-refractivity contribution is 0.0112. The third kappa shape index (κ3) is 5.79. The van der Waals surface area contributed by atoms with Gasteiger partial charge in [-0.25, -0.2) is 28.1 Å². The Morgan fingerprint density at radius 1 is 1.33 bits per heavy atom. The standard InChI is InChI=1S/C16H25N5O5S/c1-11-10-20(15(23)26-16(2,3)4)7-8-21(11)14(22)19-12-5-6-18-13(9-12)27(17,24)25/h5-6,9,11H,7-8,10H2,1-4H3,(H2,17,24,25)(H,18,19,22)/t11-/m0/s1. The Morgan fingerprint density at radius 3 is 2.56 bits per heavy atom. The molecule has 3 amide bonds. The number of urea groups is 1. The number of aromatic nitrogens is 1. The summed E-state index contributed by atoms with van der Waals surface area (Å²) in [5, 5.41) is 7.34. The number of nitrogens with zero attached hydrogens (tertiary/aromatic N) is 3. The first kappa shape index (κ1) is 20.9. The number of piperazine rings is 1. The zero-order valence-electron chi connectivity index (χ0n) is 15.8. The number of sulfonamides is 1. The van der Waals surface area contributed by atoms with Gasteiger partial charge in [-0.1, -0.05) is 0 Å². The predicted molar refractivity (Wildman–Crippen MR) is 98.6 cm³/mol. The van der Waals surface area contributed by atoms with Crippen LogP contribution in [-0.4, -0.2) is 66.6 Å². The minimum atomic E-state index is -3.96. The molecule has 0 radical (unpaired) electrons. The summed E-state index contributed by atoms with van der Waals surface area (Å²) in [5.74, 6) is 0. The van der Waals surface area contributed by atoms with Crippen LogP contribution in [0.15, 0.2) is 23.4 Å². The number of anilines is 1. The second-order valence-corrected chi connectivity index (χ2v) is 8.83. The van der Waals surface area contributed by atoms with Crippen molar-refractivity contribution in [2.24, 2.45) is 5.14 Å². The lowest BCUT2D eigenvalue weighted by atomic mass is 10.2. The molecule has 1 fully saturated rings. The van der Waals surface area contributed by atoms with Crippen LogP contribution in [0.5, 0.6) is 0 Å². The van der Waals surface area contributed by atoms with Crippen molar-refractivity contribution < 1.29 is 22.7 Å². The van der Waals surface area contributed by atoms with Gasteiger partial charge in [0.25, 0.3) is 10.0 Å². The molecule has 0 spiro atoms. The molecule has 27 heavy (non-hydrogen) atoms. The summed E-state index contributed by atoms with van der Waals surface area (Å²) in [4.78, 5) is 31.5. The molecule has 1 saturated heterocycles. The molecule has 0 bridgehead atoms. The molecule has 2 rings (SSSR count). The van der Waals surface area contributed by atoms with Crippen molar-refractivity contribution >= 4 is 27.8 Å². The van der Waals surface area contributed by atoms with E-state index in [2.05, 4.69) is 10.3 Å². The van der Waals surface area contributed by atoms with Gasteiger partial charge in [0.2, 0.25) is 0 Å². The van der Waals surface area contributed by atoms with Crippen molar-refractivity contribution in [2.45, 2.75) is 44.4 Å². The van der Waals surface area contributed by atoms with Crippen molar-refractivity contribution in [1.82, 2.24) is 14.8 Å². The maximum atomic E-state index is 12.5. The number of hydrogen-bond donors (Lipinski definition) is 2. The van der Waals surface area contributed by atoms with E-state index in [1.165, 1.54) is 18.3 Å². The first-order valence-corrected chi connectivity index (χ1v) is 9.96. The molecule has 150 valence electrons. The number of hydrogen-bond acceptors (Lipinski definition) is 6. The van der Waals surface area contributed by atoms with Crippen LogP contribution >= 0.6 is 0 Å². The van der Waals surface area contributed by atoms with E-state index in [0.29, 0.717) is 19.6 Å². The molecule has 10 nitrogen and oxygen atoms in total. The number of carbonyl (C=O) groups is 2. The Bertz CT molecular complexity index is 821. The summed E-state index contributed by atoms with van der Waals surface area (Å²) in [7, 11) is -3.96. The predicted octanol–water partition coefficient (Wildman–Crippen LogP) is 1.20. The lowest BCUT2D eigenvalue weighted by Crippen LogP contribution is -2.57. The van der Waals surface area contributed by atoms with Gasteiger partial charge in [0, 0.05) is 43.6 Å². The van der Waals surface area contributed by atoms with Crippen molar-refractivity contribution in [2.75, 3.05) is 25.0 Å². The summed E-state index contributed by atoms with van der Waals surface area (Å²) in [6.45, 7) is 8.19. The average molecular weight is 399 g/mol. The van der Waals surface area contributed by atoms with Gasteiger partial charge in [0.15, 0.2) is 5.03 Å².